The average molecular weight is 262 g/mol. The summed E-state index contributed by atoms with van der Waals surface area (Å²) in [6, 6.07) is 3.86. The molecule has 19 heavy (non-hydrogen) atoms. The molecule has 0 aliphatic rings. The van der Waals surface area contributed by atoms with Crippen LogP contribution in [0.5, 0.6) is 0 Å². The standard InChI is InChI=1S/C14H15FN2O2/c1-2-3-13-16-4-5-17(13)9-10-6-11(14(18)19)8-12(15)7-10/h4-8H,2-3,9H2,1H3,(H,18,19). The molecule has 1 aromatic heterocycles. The van der Waals surface area contributed by atoms with Crippen molar-refractivity contribution >= 4 is 5.97 Å². The van der Waals surface area contributed by atoms with Crippen LogP contribution in [0.1, 0.15) is 35.1 Å². The quantitative estimate of drug-likeness (QED) is 0.901. The highest BCUT2D eigenvalue weighted by Crippen LogP contribution is 2.12. The topological polar surface area (TPSA) is 55.1 Å². The molecule has 0 unspecified atom stereocenters. The Morgan fingerprint density at radius 3 is 2.89 bits per heavy atom. The van der Waals surface area contributed by atoms with Gasteiger partial charge < -0.3 is 9.67 Å². The van der Waals surface area contributed by atoms with Crippen LogP contribution in [0.2, 0.25) is 0 Å². The van der Waals surface area contributed by atoms with Crippen molar-refractivity contribution in [3.63, 3.8) is 0 Å². The Kier molecular flexibility index (Phi) is 3.94. The van der Waals surface area contributed by atoms with Crippen molar-refractivity contribution in [2.24, 2.45) is 0 Å². The van der Waals surface area contributed by atoms with Gasteiger partial charge in [0.1, 0.15) is 11.6 Å². The van der Waals surface area contributed by atoms with E-state index in [1.807, 2.05) is 10.8 Å². The molecule has 100 valence electrons. The highest BCUT2D eigenvalue weighted by Gasteiger charge is 2.09. The Balaban J connectivity index is 2.27. The highest BCUT2D eigenvalue weighted by molar-refractivity contribution is 5.87. The molecule has 1 aromatic carbocycles. The van der Waals surface area contributed by atoms with Crippen molar-refractivity contribution in [1.82, 2.24) is 9.55 Å². The fourth-order valence-corrected chi connectivity index (χ4v) is 2.00. The maximum Gasteiger partial charge on any atom is 0.335 e. The number of nitrogens with zero attached hydrogens (tertiary/aromatic N) is 2. The van der Waals surface area contributed by atoms with E-state index in [0.29, 0.717) is 12.1 Å². The summed E-state index contributed by atoms with van der Waals surface area (Å²) < 4.78 is 15.3. The van der Waals surface area contributed by atoms with Gasteiger partial charge in [0, 0.05) is 25.4 Å². The monoisotopic (exact) mass is 262 g/mol. The first kappa shape index (κ1) is 13.3. The first-order valence-corrected chi connectivity index (χ1v) is 6.13. The zero-order valence-electron chi connectivity index (χ0n) is 10.6. The largest absolute Gasteiger partial charge is 0.478 e. The molecule has 0 saturated carbocycles. The normalized spacial score (nSPS) is 10.6. The van der Waals surface area contributed by atoms with Crippen LogP contribution in [-0.4, -0.2) is 20.6 Å². The van der Waals surface area contributed by atoms with Crippen molar-refractivity contribution in [3.8, 4) is 0 Å². The SMILES string of the molecule is CCCc1nccn1Cc1cc(F)cc(C(=O)O)c1. The van der Waals surface area contributed by atoms with E-state index < -0.39 is 11.8 Å². The van der Waals surface area contributed by atoms with Gasteiger partial charge in [0.05, 0.1) is 5.56 Å². The molecule has 0 atom stereocenters. The van der Waals surface area contributed by atoms with Gasteiger partial charge in [-0.2, -0.15) is 0 Å². The van der Waals surface area contributed by atoms with Crippen molar-refractivity contribution in [2.75, 3.05) is 0 Å². The van der Waals surface area contributed by atoms with E-state index in [1.54, 1.807) is 6.20 Å². The van der Waals surface area contributed by atoms with Crippen LogP contribution in [0.15, 0.2) is 30.6 Å². The molecular weight excluding hydrogens is 247 g/mol. The van der Waals surface area contributed by atoms with Crippen LogP contribution in [0.25, 0.3) is 0 Å². The number of carbonyl (C=O) groups is 1. The number of benzene rings is 1. The number of aromatic carboxylic acids is 1. The van der Waals surface area contributed by atoms with Gasteiger partial charge in [0.2, 0.25) is 0 Å². The van der Waals surface area contributed by atoms with Crippen LogP contribution in [0, 0.1) is 5.82 Å². The molecule has 4 nitrogen and oxygen atoms in total. The number of rotatable bonds is 5. The third-order valence-electron chi connectivity index (χ3n) is 2.83. The average Bonchev–Trinajstić information content (AvgIpc) is 2.76. The van der Waals surface area contributed by atoms with Crippen LogP contribution < -0.4 is 0 Å². The van der Waals surface area contributed by atoms with Gasteiger partial charge in [-0.15, -0.1) is 0 Å². The van der Waals surface area contributed by atoms with Gasteiger partial charge in [-0.25, -0.2) is 14.2 Å². The zero-order chi connectivity index (χ0) is 13.8. The molecule has 1 N–H and O–H groups in total. The summed E-state index contributed by atoms with van der Waals surface area (Å²) in [6.45, 7) is 2.48. The van der Waals surface area contributed by atoms with E-state index >= 15 is 0 Å². The Bertz CT molecular complexity index is 593. The Morgan fingerprint density at radius 2 is 2.21 bits per heavy atom. The number of hydrogen-bond acceptors (Lipinski definition) is 2. The van der Waals surface area contributed by atoms with Crippen molar-refractivity contribution in [1.29, 1.82) is 0 Å². The molecule has 2 rings (SSSR count). The number of aromatic nitrogens is 2. The lowest BCUT2D eigenvalue weighted by Gasteiger charge is -2.08. The summed E-state index contributed by atoms with van der Waals surface area (Å²) in [7, 11) is 0. The Labute approximate surface area is 110 Å². The Morgan fingerprint density at radius 1 is 1.42 bits per heavy atom. The lowest BCUT2D eigenvalue weighted by atomic mass is 10.1. The fraction of sp³-hybridized carbons (Fsp3) is 0.286. The van der Waals surface area contributed by atoms with Gasteiger partial charge in [-0.05, 0) is 30.2 Å². The third-order valence-corrected chi connectivity index (χ3v) is 2.83. The molecule has 0 fully saturated rings. The Hall–Kier alpha value is -2.17. The van der Waals surface area contributed by atoms with E-state index in [4.69, 9.17) is 5.11 Å². The van der Waals surface area contributed by atoms with E-state index in [9.17, 15) is 9.18 Å². The first-order chi connectivity index (χ1) is 9.10. The summed E-state index contributed by atoms with van der Waals surface area (Å²) in [4.78, 5) is 15.1. The fourth-order valence-electron chi connectivity index (χ4n) is 2.00. The molecule has 0 saturated heterocycles. The maximum absolute atomic E-state index is 13.4. The van der Waals surface area contributed by atoms with Crippen LogP contribution >= 0.6 is 0 Å². The minimum atomic E-state index is -1.12. The number of imidazole rings is 1. The summed E-state index contributed by atoms with van der Waals surface area (Å²) >= 11 is 0. The van der Waals surface area contributed by atoms with Gasteiger partial charge in [0.25, 0.3) is 0 Å². The molecule has 0 spiro atoms. The van der Waals surface area contributed by atoms with Gasteiger partial charge in [-0.3, -0.25) is 0 Å². The number of aryl methyl sites for hydroxylation is 1. The summed E-state index contributed by atoms with van der Waals surface area (Å²) in [5, 5.41) is 8.91. The lowest BCUT2D eigenvalue weighted by Crippen LogP contribution is -2.06. The molecule has 0 radical (unpaired) electrons. The van der Waals surface area contributed by atoms with Gasteiger partial charge in [0.15, 0.2) is 0 Å². The molecule has 0 bridgehead atoms. The highest BCUT2D eigenvalue weighted by atomic mass is 19.1. The zero-order valence-corrected chi connectivity index (χ0v) is 10.6. The lowest BCUT2D eigenvalue weighted by molar-refractivity contribution is 0.0696. The summed E-state index contributed by atoms with van der Waals surface area (Å²) in [6.07, 6.45) is 5.33. The minimum Gasteiger partial charge on any atom is -0.478 e. The van der Waals surface area contributed by atoms with Crippen LogP contribution in [0.4, 0.5) is 4.39 Å². The predicted octanol–water partition coefficient (Wildman–Crippen LogP) is 2.72. The smallest absolute Gasteiger partial charge is 0.335 e. The second-order valence-corrected chi connectivity index (χ2v) is 4.37. The molecule has 0 aliphatic carbocycles. The molecule has 1 heterocycles. The molecule has 5 heteroatoms. The summed E-state index contributed by atoms with van der Waals surface area (Å²) in [5.74, 6) is -0.740. The van der Waals surface area contributed by atoms with Crippen LogP contribution in [-0.2, 0) is 13.0 Å². The molecule has 0 amide bonds. The van der Waals surface area contributed by atoms with Gasteiger partial charge >= 0.3 is 5.97 Å². The van der Waals surface area contributed by atoms with E-state index in [2.05, 4.69) is 11.9 Å². The molecule has 0 aliphatic heterocycles. The second kappa shape index (κ2) is 5.65. The number of halogens is 1. The van der Waals surface area contributed by atoms with Crippen LogP contribution in [0.3, 0.4) is 0 Å². The van der Waals surface area contributed by atoms with E-state index in [0.717, 1.165) is 24.7 Å². The van der Waals surface area contributed by atoms with Crippen molar-refractivity contribution < 1.29 is 14.3 Å². The van der Waals surface area contributed by atoms with Crippen molar-refractivity contribution in [3.05, 3.63) is 53.4 Å². The molecular formula is C14H15FN2O2. The summed E-state index contributed by atoms with van der Waals surface area (Å²) in [5.41, 5.74) is 0.583. The van der Waals surface area contributed by atoms with Crippen molar-refractivity contribution in [2.45, 2.75) is 26.3 Å². The number of hydrogen-bond donors (Lipinski definition) is 1. The molecule has 2 aromatic rings. The predicted molar refractivity (Wildman–Crippen MR) is 68.7 cm³/mol. The number of carboxylic acid groups (broad SMARTS) is 1. The minimum absolute atomic E-state index is 0.0350. The third kappa shape index (κ3) is 3.19. The van der Waals surface area contributed by atoms with Gasteiger partial charge in [-0.1, -0.05) is 6.92 Å². The van der Waals surface area contributed by atoms with E-state index in [1.165, 1.54) is 12.1 Å². The second-order valence-electron chi connectivity index (χ2n) is 4.37. The van der Waals surface area contributed by atoms with E-state index in [-0.39, 0.29) is 5.56 Å². The first-order valence-electron chi connectivity index (χ1n) is 6.13. The number of carboxylic acids is 1. The maximum atomic E-state index is 13.4.